The number of hydrogen-bond donors (Lipinski definition) is 1. The van der Waals surface area contributed by atoms with Gasteiger partial charge in [-0.05, 0) is 44.6 Å². The average molecular weight is 222 g/mol. The van der Waals surface area contributed by atoms with Crippen molar-refractivity contribution in [1.29, 1.82) is 0 Å². The van der Waals surface area contributed by atoms with E-state index in [9.17, 15) is 9.90 Å². The number of hydrogen-bond acceptors (Lipinski definition) is 3. The molecule has 0 aromatic rings. The third-order valence-corrected chi connectivity index (χ3v) is 3.41. The van der Waals surface area contributed by atoms with Crippen LogP contribution in [0.3, 0.4) is 0 Å². The van der Waals surface area contributed by atoms with Crippen LogP contribution in [0.15, 0.2) is 23.0 Å². The Balaban J connectivity index is 2.25. The summed E-state index contributed by atoms with van der Waals surface area (Å²) in [4.78, 5) is 11.7. The van der Waals surface area contributed by atoms with Crippen LogP contribution in [-0.4, -0.2) is 17.7 Å². The molecule has 1 atom stereocenters. The van der Waals surface area contributed by atoms with Gasteiger partial charge < -0.3 is 9.84 Å². The summed E-state index contributed by atoms with van der Waals surface area (Å²) in [5, 5.41) is 9.84. The zero-order valence-electron chi connectivity index (χ0n) is 9.66. The van der Waals surface area contributed by atoms with Crippen LogP contribution >= 0.6 is 0 Å². The monoisotopic (exact) mass is 222 g/mol. The molecule has 0 heterocycles. The molecule has 2 aliphatic rings. The minimum absolute atomic E-state index is 0.195. The molecular formula is C13H18O3. The molecule has 3 nitrogen and oxygen atoms in total. The molecule has 0 aromatic carbocycles. The molecule has 0 amide bonds. The molecule has 1 N–H and O–H groups in total. The van der Waals surface area contributed by atoms with Gasteiger partial charge >= 0.3 is 5.97 Å². The van der Waals surface area contributed by atoms with Crippen LogP contribution in [0.25, 0.3) is 0 Å². The lowest BCUT2D eigenvalue weighted by Crippen LogP contribution is -2.08. The predicted molar refractivity (Wildman–Crippen MR) is 60.9 cm³/mol. The van der Waals surface area contributed by atoms with Crippen molar-refractivity contribution in [3.05, 3.63) is 23.0 Å². The first kappa shape index (κ1) is 11.2. The fourth-order valence-corrected chi connectivity index (χ4v) is 2.56. The summed E-state index contributed by atoms with van der Waals surface area (Å²) in [5.74, 6) is 0.370. The summed E-state index contributed by atoms with van der Waals surface area (Å²) >= 11 is 0. The molecule has 3 heteroatoms. The number of carbonyl (C=O) groups excluding carboxylic acids is 1. The van der Waals surface area contributed by atoms with Crippen molar-refractivity contribution in [3.63, 3.8) is 0 Å². The Morgan fingerprint density at radius 3 is 3.06 bits per heavy atom. The van der Waals surface area contributed by atoms with Crippen LogP contribution in [0.5, 0.6) is 0 Å². The van der Waals surface area contributed by atoms with Gasteiger partial charge in [-0.25, -0.2) is 4.79 Å². The Hall–Kier alpha value is -1.25. The smallest absolute Gasteiger partial charge is 0.341 e. The zero-order valence-corrected chi connectivity index (χ0v) is 9.66. The van der Waals surface area contributed by atoms with E-state index in [0.29, 0.717) is 24.5 Å². The maximum absolute atomic E-state index is 11.7. The first-order valence-electron chi connectivity index (χ1n) is 6.02. The number of ether oxygens (including phenoxy) is 1. The van der Waals surface area contributed by atoms with Gasteiger partial charge in [0.1, 0.15) is 5.76 Å². The SMILES string of the molecule is CCOC(=O)C1=C(O)CCC2CCCC2=C1. The second-order valence-electron chi connectivity index (χ2n) is 4.43. The van der Waals surface area contributed by atoms with Gasteiger partial charge in [0.05, 0.1) is 12.2 Å². The van der Waals surface area contributed by atoms with E-state index >= 15 is 0 Å². The van der Waals surface area contributed by atoms with Crippen molar-refractivity contribution in [2.75, 3.05) is 6.61 Å². The Kier molecular flexibility index (Phi) is 3.32. The van der Waals surface area contributed by atoms with Gasteiger partial charge in [-0.15, -0.1) is 0 Å². The van der Waals surface area contributed by atoms with E-state index < -0.39 is 0 Å². The van der Waals surface area contributed by atoms with Crippen LogP contribution in [0, 0.1) is 5.92 Å². The van der Waals surface area contributed by atoms with Crippen LogP contribution in [-0.2, 0) is 9.53 Å². The van der Waals surface area contributed by atoms with Gasteiger partial charge in [-0.3, -0.25) is 0 Å². The van der Waals surface area contributed by atoms with E-state index in [0.717, 1.165) is 12.8 Å². The number of carbonyl (C=O) groups is 1. The van der Waals surface area contributed by atoms with Crippen LogP contribution in [0.2, 0.25) is 0 Å². The highest BCUT2D eigenvalue weighted by Crippen LogP contribution is 2.38. The normalized spacial score (nSPS) is 24.8. The maximum atomic E-state index is 11.7. The third kappa shape index (κ3) is 2.13. The van der Waals surface area contributed by atoms with Crippen molar-refractivity contribution < 1.29 is 14.6 Å². The standard InChI is InChI=1S/C13H18O3/c1-2-16-13(15)11-8-10-5-3-4-9(10)6-7-12(11)14/h8-9,14H,2-7H2,1H3. The molecule has 0 saturated heterocycles. The molecule has 0 aromatic heterocycles. The Morgan fingerprint density at radius 1 is 1.50 bits per heavy atom. The van der Waals surface area contributed by atoms with E-state index in [1.807, 2.05) is 6.08 Å². The lowest BCUT2D eigenvalue weighted by molar-refractivity contribution is -0.138. The minimum atomic E-state index is -0.389. The molecule has 0 spiro atoms. The molecule has 2 rings (SSSR count). The lowest BCUT2D eigenvalue weighted by atomic mass is 9.98. The first-order valence-corrected chi connectivity index (χ1v) is 6.02. The van der Waals surface area contributed by atoms with E-state index in [2.05, 4.69) is 0 Å². The van der Waals surface area contributed by atoms with Gasteiger partial charge in [-0.2, -0.15) is 0 Å². The number of aliphatic hydroxyl groups is 1. The summed E-state index contributed by atoms with van der Waals surface area (Å²) in [7, 11) is 0. The minimum Gasteiger partial charge on any atom is -0.511 e. The average Bonchev–Trinajstić information content (AvgIpc) is 2.64. The molecule has 88 valence electrons. The predicted octanol–water partition coefficient (Wildman–Crippen LogP) is 2.88. The molecule has 2 aliphatic carbocycles. The molecule has 0 radical (unpaired) electrons. The second kappa shape index (κ2) is 4.73. The van der Waals surface area contributed by atoms with E-state index in [1.165, 1.54) is 18.4 Å². The van der Waals surface area contributed by atoms with Crippen LogP contribution in [0.4, 0.5) is 0 Å². The first-order chi connectivity index (χ1) is 7.72. The van der Waals surface area contributed by atoms with Crippen LogP contribution < -0.4 is 0 Å². The largest absolute Gasteiger partial charge is 0.511 e. The Morgan fingerprint density at radius 2 is 2.31 bits per heavy atom. The van der Waals surface area contributed by atoms with Crippen molar-refractivity contribution >= 4 is 5.97 Å². The van der Waals surface area contributed by atoms with E-state index in [4.69, 9.17) is 4.74 Å². The summed E-state index contributed by atoms with van der Waals surface area (Å²) in [5.41, 5.74) is 1.69. The third-order valence-electron chi connectivity index (χ3n) is 3.41. The summed E-state index contributed by atoms with van der Waals surface area (Å²) in [6, 6.07) is 0. The van der Waals surface area contributed by atoms with Crippen LogP contribution in [0.1, 0.15) is 39.0 Å². The highest BCUT2D eigenvalue weighted by atomic mass is 16.5. The van der Waals surface area contributed by atoms with Crippen molar-refractivity contribution in [2.24, 2.45) is 5.92 Å². The zero-order chi connectivity index (χ0) is 11.5. The molecule has 1 fully saturated rings. The number of aliphatic hydroxyl groups excluding tert-OH is 1. The number of allylic oxidation sites excluding steroid dienone is 2. The van der Waals surface area contributed by atoms with Gasteiger partial charge in [-0.1, -0.05) is 5.57 Å². The van der Waals surface area contributed by atoms with Gasteiger partial charge in [0.2, 0.25) is 0 Å². The second-order valence-corrected chi connectivity index (χ2v) is 4.43. The Bertz CT molecular complexity index is 352. The topological polar surface area (TPSA) is 46.5 Å². The number of fused-ring (bicyclic) bond motifs is 1. The van der Waals surface area contributed by atoms with Crippen molar-refractivity contribution in [3.8, 4) is 0 Å². The quantitative estimate of drug-likeness (QED) is 0.731. The van der Waals surface area contributed by atoms with E-state index in [1.54, 1.807) is 6.92 Å². The van der Waals surface area contributed by atoms with Gasteiger partial charge in [0.15, 0.2) is 0 Å². The number of rotatable bonds is 2. The summed E-state index contributed by atoms with van der Waals surface area (Å²) < 4.78 is 4.95. The fraction of sp³-hybridized carbons (Fsp3) is 0.615. The molecule has 16 heavy (non-hydrogen) atoms. The molecule has 1 saturated carbocycles. The Labute approximate surface area is 95.8 Å². The summed E-state index contributed by atoms with van der Waals surface area (Å²) in [6.07, 6.45) is 6.86. The molecule has 1 unspecified atom stereocenters. The lowest BCUT2D eigenvalue weighted by Gasteiger charge is -2.07. The highest BCUT2D eigenvalue weighted by Gasteiger charge is 2.27. The van der Waals surface area contributed by atoms with Gasteiger partial charge in [0, 0.05) is 6.42 Å². The fourth-order valence-electron chi connectivity index (χ4n) is 2.56. The highest BCUT2D eigenvalue weighted by molar-refractivity contribution is 5.92. The van der Waals surface area contributed by atoms with Gasteiger partial charge in [0.25, 0.3) is 0 Å². The molecule has 0 bridgehead atoms. The van der Waals surface area contributed by atoms with Crippen molar-refractivity contribution in [1.82, 2.24) is 0 Å². The van der Waals surface area contributed by atoms with Crippen molar-refractivity contribution in [2.45, 2.75) is 39.0 Å². The number of esters is 1. The molecular weight excluding hydrogens is 204 g/mol. The van der Waals surface area contributed by atoms with E-state index in [-0.39, 0.29) is 11.7 Å². The molecule has 0 aliphatic heterocycles. The summed E-state index contributed by atoms with van der Waals surface area (Å²) in [6.45, 7) is 2.12. The maximum Gasteiger partial charge on any atom is 0.341 e.